The quantitative estimate of drug-likeness (QED) is 0.351. The summed E-state index contributed by atoms with van der Waals surface area (Å²) in [7, 11) is 2.92. The number of amides is 3. The van der Waals surface area contributed by atoms with Gasteiger partial charge < -0.3 is 19.5 Å². The van der Waals surface area contributed by atoms with Crippen molar-refractivity contribution in [2.24, 2.45) is 5.92 Å². The van der Waals surface area contributed by atoms with Gasteiger partial charge in [0.25, 0.3) is 5.91 Å². The molecule has 1 aromatic carbocycles. The number of carbonyl (C=O) groups excluding carboxylic acids is 4. The molecule has 0 aromatic heterocycles. The van der Waals surface area contributed by atoms with E-state index in [1.807, 2.05) is 13.8 Å². The molecule has 2 rings (SSSR count). The second kappa shape index (κ2) is 9.60. The lowest BCUT2D eigenvalue weighted by Gasteiger charge is -2.22. The zero-order valence-corrected chi connectivity index (χ0v) is 17.9. The first-order valence-corrected chi connectivity index (χ1v) is 9.66. The monoisotopic (exact) mass is 420 g/mol. The van der Waals surface area contributed by atoms with Gasteiger partial charge in [0.05, 0.1) is 14.2 Å². The van der Waals surface area contributed by atoms with Gasteiger partial charge >= 0.3 is 12.0 Å². The van der Waals surface area contributed by atoms with E-state index < -0.39 is 42.4 Å². The lowest BCUT2D eigenvalue weighted by Crippen LogP contribution is -2.44. The van der Waals surface area contributed by atoms with E-state index in [1.54, 1.807) is 13.0 Å². The molecule has 1 fully saturated rings. The first-order chi connectivity index (χ1) is 14.1. The maximum Gasteiger partial charge on any atom is 0.326 e. The Hall–Kier alpha value is -3.10. The van der Waals surface area contributed by atoms with Crippen molar-refractivity contribution in [3.8, 4) is 11.5 Å². The van der Waals surface area contributed by atoms with Gasteiger partial charge in [0.15, 0.2) is 23.9 Å². The molecule has 0 unspecified atom stereocenters. The van der Waals surface area contributed by atoms with Crippen LogP contribution in [-0.2, 0) is 14.3 Å². The van der Waals surface area contributed by atoms with Crippen molar-refractivity contribution in [2.75, 3.05) is 27.4 Å². The number of ether oxygens (including phenoxy) is 3. The molecule has 9 heteroatoms. The first kappa shape index (κ1) is 23.2. The maximum atomic E-state index is 12.6. The number of esters is 1. The highest BCUT2D eigenvalue weighted by atomic mass is 16.5. The molecule has 9 nitrogen and oxygen atoms in total. The van der Waals surface area contributed by atoms with E-state index in [9.17, 15) is 19.2 Å². The summed E-state index contributed by atoms with van der Waals surface area (Å²) in [5.41, 5.74) is -0.770. The smallest absolute Gasteiger partial charge is 0.326 e. The molecule has 0 radical (unpaired) electrons. The number of ketones is 1. The normalized spacial score (nSPS) is 18.4. The van der Waals surface area contributed by atoms with E-state index in [2.05, 4.69) is 5.32 Å². The molecule has 0 aliphatic carbocycles. The Balaban J connectivity index is 1.93. The van der Waals surface area contributed by atoms with Crippen molar-refractivity contribution >= 4 is 23.7 Å². The van der Waals surface area contributed by atoms with E-state index in [0.29, 0.717) is 23.8 Å². The Bertz CT molecular complexity index is 837. The highest BCUT2D eigenvalue weighted by Gasteiger charge is 2.48. The van der Waals surface area contributed by atoms with Crippen LogP contribution in [-0.4, -0.2) is 61.5 Å². The molecule has 1 aliphatic heterocycles. The second-order valence-electron chi connectivity index (χ2n) is 7.74. The van der Waals surface area contributed by atoms with E-state index in [4.69, 9.17) is 14.2 Å². The molecule has 30 heavy (non-hydrogen) atoms. The lowest BCUT2D eigenvalue weighted by atomic mass is 9.92. The van der Waals surface area contributed by atoms with E-state index in [-0.39, 0.29) is 5.56 Å². The van der Waals surface area contributed by atoms with Crippen LogP contribution in [0.3, 0.4) is 0 Å². The molecule has 1 N–H and O–H groups in total. The number of imide groups is 1. The Labute approximate surface area is 175 Å². The number of hydrogen-bond acceptors (Lipinski definition) is 7. The lowest BCUT2D eigenvalue weighted by molar-refractivity contribution is -0.146. The third kappa shape index (κ3) is 5.28. The standard InChI is InChI=1S/C21H28N2O7/c1-13(2)8-9-21(3)19(26)23(20(27)22-21)11-18(25)30-12-15(24)14-6-7-16(28-4)17(10-14)29-5/h6-7,10,13H,8-9,11-12H2,1-5H3,(H,22,27)/t21-/m0/s1. The number of benzene rings is 1. The van der Waals surface area contributed by atoms with Crippen molar-refractivity contribution < 1.29 is 33.4 Å². The summed E-state index contributed by atoms with van der Waals surface area (Å²) >= 11 is 0. The number of Topliss-reactive ketones (excluding diaryl/α,β-unsaturated/α-hetero) is 1. The molecule has 0 bridgehead atoms. The number of hydrogen-bond donors (Lipinski definition) is 1. The van der Waals surface area contributed by atoms with Crippen molar-refractivity contribution in [1.82, 2.24) is 10.2 Å². The molecule has 0 saturated carbocycles. The van der Waals surface area contributed by atoms with E-state index in [1.165, 1.54) is 26.4 Å². The molecule has 0 spiro atoms. The van der Waals surface area contributed by atoms with Gasteiger partial charge in [-0.3, -0.25) is 19.3 Å². The van der Waals surface area contributed by atoms with Gasteiger partial charge in [-0.2, -0.15) is 0 Å². The SMILES string of the molecule is COc1ccc(C(=O)COC(=O)CN2C(=O)N[C@@](C)(CCC(C)C)C2=O)cc1OC. The van der Waals surface area contributed by atoms with Crippen LogP contribution in [0.4, 0.5) is 4.79 Å². The van der Waals surface area contributed by atoms with Crippen LogP contribution >= 0.6 is 0 Å². The summed E-state index contributed by atoms with van der Waals surface area (Å²) in [4.78, 5) is 50.0. The third-order valence-corrected chi connectivity index (χ3v) is 4.92. The Kier molecular flexibility index (Phi) is 7.42. The van der Waals surface area contributed by atoms with Crippen LogP contribution in [0, 0.1) is 5.92 Å². The highest BCUT2D eigenvalue weighted by molar-refractivity contribution is 6.08. The summed E-state index contributed by atoms with van der Waals surface area (Å²) in [6, 6.07) is 3.93. The predicted molar refractivity (Wildman–Crippen MR) is 108 cm³/mol. The number of carbonyl (C=O) groups is 4. The van der Waals surface area contributed by atoms with Crippen LogP contribution in [0.5, 0.6) is 11.5 Å². The summed E-state index contributed by atoms with van der Waals surface area (Å²) in [5.74, 6) is -0.576. The molecule has 1 aromatic rings. The molecular weight excluding hydrogens is 392 g/mol. The van der Waals surface area contributed by atoms with Crippen molar-refractivity contribution in [3.05, 3.63) is 23.8 Å². The Morgan fingerprint density at radius 3 is 2.40 bits per heavy atom. The average molecular weight is 420 g/mol. The number of urea groups is 1. The summed E-state index contributed by atoms with van der Waals surface area (Å²) < 4.78 is 15.2. The number of methoxy groups -OCH3 is 2. The maximum absolute atomic E-state index is 12.6. The van der Waals surface area contributed by atoms with Crippen LogP contribution < -0.4 is 14.8 Å². The second-order valence-corrected chi connectivity index (χ2v) is 7.74. The highest BCUT2D eigenvalue weighted by Crippen LogP contribution is 2.28. The van der Waals surface area contributed by atoms with Crippen molar-refractivity contribution in [2.45, 2.75) is 39.2 Å². The fourth-order valence-corrected chi connectivity index (χ4v) is 3.05. The number of nitrogens with zero attached hydrogens (tertiary/aromatic N) is 1. The van der Waals surface area contributed by atoms with Gasteiger partial charge in [-0.05, 0) is 43.9 Å². The van der Waals surface area contributed by atoms with E-state index >= 15 is 0 Å². The van der Waals surface area contributed by atoms with Gasteiger partial charge in [-0.25, -0.2) is 4.79 Å². The van der Waals surface area contributed by atoms with Crippen molar-refractivity contribution in [3.63, 3.8) is 0 Å². The molecule has 1 aliphatic rings. The number of nitrogens with one attached hydrogen (secondary N) is 1. The fourth-order valence-electron chi connectivity index (χ4n) is 3.05. The Morgan fingerprint density at radius 2 is 1.80 bits per heavy atom. The zero-order chi connectivity index (χ0) is 22.5. The molecule has 1 saturated heterocycles. The van der Waals surface area contributed by atoms with E-state index in [0.717, 1.165) is 11.3 Å². The molecular formula is C21H28N2O7. The van der Waals surface area contributed by atoms with Gasteiger partial charge in [0.1, 0.15) is 12.1 Å². The minimum absolute atomic E-state index is 0.275. The van der Waals surface area contributed by atoms with Crippen LogP contribution in [0.1, 0.15) is 44.0 Å². The van der Waals surface area contributed by atoms with Crippen molar-refractivity contribution in [1.29, 1.82) is 0 Å². The van der Waals surface area contributed by atoms with Gasteiger partial charge in [-0.1, -0.05) is 13.8 Å². The molecule has 164 valence electrons. The fraction of sp³-hybridized carbons (Fsp3) is 0.524. The third-order valence-electron chi connectivity index (χ3n) is 4.92. The van der Waals surface area contributed by atoms with Gasteiger partial charge in [-0.15, -0.1) is 0 Å². The van der Waals surface area contributed by atoms with Gasteiger partial charge in [0.2, 0.25) is 0 Å². The van der Waals surface area contributed by atoms with Crippen LogP contribution in [0.15, 0.2) is 18.2 Å². The molecule has 3 amide bonds. The largest absolute Gasteiger partial charge is 0.493 e. The van der Waals surface area contributed by atoms with Gasteiger partial charge in [0, 0.05) is 5.56 Å². The minimum atomic E-state index is -1.04. The minimum Gasteiger partial charge on any atom is -0.493 e. The summed E-state index contributed by atoms with van der Waals surface area (Å²) in [6.07, 6.45) is 1.22. The van der Waals surface area contributed by atoms with Crippen LogP contribution in [0.25, 0.3) is 0 Å². The zero-order valence-electron chi connectivity index (χ0n) is 17.9. The summed E-state index contributed by atoms with van der Waals surface area (Å²) in [5, 5.41) is 2.64. The summed E-state index contributed by atoms with van der Waals surface area (Å²) in [6.45, 7) is 4.61. The molecule has 1 atom stereocenters. The van der Waals surface area contributed by atoms with Crippen LogP contribution in [0.2, 0.25) is 0 Å². The topological polar surface area (TPSA) is 111 Å². The number of rotatable bonds is 10. The Morgan fingerprint density at radius 1 is 1.13 bits per heavy atom. The predicted octanol–water partition coefficient (Wildman–Crippen LogP) is 2.18. The molecule has 1 heterocycles. The average Bonchev–Trinajstić information content (AvgIpc) is 2.93. The first-order valence-electron chi connectivity index (χ1n) is 9.66.